The van der Waals surface area contributed by atoms with Crippen LogP contribution in [0.4, 0.5) is 22.6 Å². The average Bonchev–Trinajstić information content (AvgIpc) is 2.98. The lowest BCUT2D eigenvalue weighted by atomic mass is 10.3. The van der Waals surface area contributed by atoms with Gasteiger partial charge in [-0.25, -0.2) is 9.97 Å². The van der Waals surface area contributed by atoms with E-state index in [0.717, 1.165) is 47.3 Å². The molecule has 9 heteroatoms. The summed E-state index contributed by atoms with van der Waals surface area (Å²) in [4.78, 5) is 14.9. The molecule has 0 atom stereocenters. The number of nitrogens with zero attached hydrogens (tertiary/aromatic N) is 4. The highest BCUT2D eigenvalue weighted by molar-refractivity contribution is 7.22. The molecule has 7 nitrogen and oxygen atoms in total. The topological polar surface area (TPSA) is 89.2 Å². The minimum atomic E-state index is 0.137. The van der Waals surface area contributed by atoms with E-state index in [1.54, 1.807) is 17.4 Å². The molecule has 3 heterocycles. The van der Waals surface area contributed by atoms with Gasteiger partial charge in [-0.05, 0) is 18.2 Å². The predicted molar refractivity (Wildman–Crippen MR) is 97.4 cm³/mol. The van der Waals surface area contributed by atoms with Gasteiger partial charge in [-0.1, -0.05) is 22.9 Å². The van der Waals surface area contributed by atoms with Gasteiger partial charge < -0.3 is 20.7 Å². The Morgan fingerprint density at radius 3 is 2.79 bits per heavy atom. The molecule has 0 saturated carbocycles. The van der Waals surface area contributed by atoms with Gasteiger partial charge in [0.2, 0.25) is 5.95 Å². The molecule has 1 aliphatic rings. The Bertz CT molecular complexity index is 859. The zero-order valence-electron chi connectivity index (χ0n) is 12.7. The first-order valence-corrected chi connectivity index (χ1v) is 8.67. The number of thiazole rings is 1. The summed E-state index contributed by atoms with van der Waals surface area (Å²) in [6.45, 7) is 3.25. The molecule has 124 valence electrons. The smallest absolute Gasteiger partial charge is 0.223 e. The Balaban J connectivity index is 1.60. The van der Waals surface area contributed by atoms with E-state index in [4.69, 9.17) is 27.1 Å². The second-order valence-corrected chi connectivity index (χ2v) is 6.73. The van der Waals surface area contributed by atoms with Crippen LogP contribution < -0.4 is 16.0 Å². The zero-order chi connectivity index (χ0) is 16.5. The summed E-state index contributed by atoms with van der Waals surface area (Å²) in [6.07, 6.45) is 0. The number of hydrogen-bond acceptors (Lipinski definition) is 8. The highest BCUT2D eigenvalue weighted by Gasteiger charge is 2.15. The summed E-state index contributed by atoms with van der Waals surface area (Å²) in [6, 6.07) is 7.62. The molecule has 0 aliphatic carbocycles. The monoisotopic (exact) mass is 362 g/mol. The predicted octanol–water partition coefficient (Wildman–Crippen LogP) is 2.90. The number of anilines is 4. The van der Waals surface area contributed by atoms with Crippen molar-refractivity contribution in [2.24, 2.45) is 0 Å². The number of nitrogen functional groups attached to an aromatic ring is 1. The molecule has 0 bridgehead atoms. The fourth-order valence-corrected chi connectivity index (χ4v) is 3.77. The summed E-state index contributed by atoms with van der Waals surface area (Å²) >= 11 is 7.58. The number of hydrogen-bond donors (Lipinski definition) is 2. The van der Waals surface area contributed by atoms with Crippen molar-refractivity contribution in [2.75, 3.05) is 42.3 Å². The SMILES string of the molecule is Nc1nc(Cl)cc(Nc2ccc3nc(N4CCOCC4)sc3c2)n1. The van der Waals surface area contributed by atoms with Crippen LogP contribution in [0.2, 0.25) is 5.15 Å². The minimum absolute atomic E-state index is 0.137. The second-order valence-electron chi connectivity index (χ2n) is 5.34. The molecule has 2 aromatic heterocycles. The molecule has 4 rings (SSSR count). The lowest BCUT2D eigenvalue weighted by Crippen LogP contribution is -2.36. The Labute approximate surface area is 147 Å². The quantitative estimate of drug-likeness (QED) is 0.692. The largest absolute Gasteiger partial charge is 0.378 e. The Hall–Kier alpha value is -2.16. The van der Waals surface area contributed by atoms with Gasteiger partial charge in [0.15, 0.2) is 5.13 Å². The number of benzene rings is 1. The van der Waals surface area contributed by atoms with Gasteiger partial charge in [-0.2, -0.15) is 4.98 Å². The number of fused-ring (bicyclic) bond motifs is 1. The van der Waals surface area contributed by atoms with Crippen molar-refractivity contribution in [2.45, 2.75) is 0 Å². The van der Waals surface area contributed by atoms with Crippen molar-refractivity contribution in [3.63, 3.8) is 0 Å². The molecule has 0 radical (unpaired) electrons. The molecule has 0 spiro atoms. The highest BCUT2D eigenvalue weighted by atomic mass is 35.5. The second kappa shape index (κ2) is 6.39. The fourth-order valence-electron chi connectivity index (χ4n) is 2.53. The van der Waals surface area contributed by atoms with Crippen molar-refractivity contribution < 1.29 is 4.74 Å². The van der Waals surface area contributed by atoms with Gasteiger partial charge in [-0.15, -0.1) is 0 Å². The van der Waals surface area contributed by atoms with Crippen LogP contribution in [0.25, 0.3) is 10.2 Å². The van der Waals surface area contributed by atoms with E-state index in [9.17, 15) is 0 Å². The summed E-state index contributed by atoms with van der Waals surface area (Å²) in [5, 5.41) is 4.53. The van der Waals surface area contributed by atoms with Crippen molar-refractivity contribution in [3.05, 3.63) is 29.4 Å². The number of nitrogens with two attached hydrogens (primary N) is 1. The summed E-state index contributed by atoms with van der Waals surface area (Å²) in [5.74, 6) is 0.697. The van der Waals surface area contributed by atoms with Crippen molar-refractivity contribution in [3.8, 4) is 0 Å². The average molecular weight is 363 g/mol. The lowest BCUT2D eigenvalue weighted by Gasteiger charge is -2.25. The summed E-state index contributed by atoms with van der Waals surface area (Å²) in [7, 11) is 0. The van der Waals surface area contributed by atoms with Crippen LogP contribution >= 0.6 is 22.9 Å². The van der Waals surface area contributed by atoms with Gasteiger partial charge in [0.25, 0.3) is 0 Å². The third-order valence-corrected chi connectivity index (χ3v) is 4.92. The van der Waals surface area contributed by atoms with E-state index in [0.29, 0.717) is 11.0 Å². The van der Waals surface area contributed by atoms with Crippen molar-refractivity contribution in [1.29, 1.82) is 0 Å². The van der Waals surface area contributed by atoms with E-state index >= 15 is 0 Å². The van der Waals surface area contributed by atoms with E-state index in [2.05, 4.69) is 20.2 Å². The van der Waals surface area contributed by atoms with Crippen LogP contribution in [0, 0.1) is 0 Å². The van der Waals surface area contributed by atoms with E-state index in [1.165, 1.54) is 0 Å². The molecule has 1 aromatic carbocycles. The summed E-state index contributed by atoms with van der Waals surface area (Å²) in [5.41, 5.74) is 7.50. The Morgan fingerprint density at radius 2 is 2.00 bits per heavy atom. The van der Waals surface area contributed by atoms with Crippen LogP contribution in [-0.4, -0.2) is 41.3 Å². The first-order chi connectivity index (χ1) is 11.7. The van der Waals surface area contributed by atoms with Crippen LogP contribution in [-0.2, 0) is 4.74 Å². The molecule has 24 heavy (non-hydrogen) atoms. The Morgan fingerprint density at radius 1 is 1.17 bits per heavy atom. The van der Waals surface area contributed by atoms with Gasteiger partial charge in [0.05, 0.1) is 23.4 Å². The summed E-state index contributed by atoms with van der Waals surface area (Å²) < 4.78 is 6.50. The molecule has 3 N–H and O–H groups in total. The first-order valence-electron chi connectivity index (χ1n) is 7.48. The van der Waals surface area contributed by atoms with E-state index in [1.807, 2.05) is 18.2 Å². The number of rotatable bonds is 3. The standard InChI is InChI=1S/C15H15ClN6OS/c16-12-8-13(21-14(17)20-12)18-9-1-2-10-11(7-9)24-15(19-10)22-3-5-23-6-4-22/h1-2,7-8H,3-6H2,(H3,17,18,20,21). The molecule has 3 aromatic rings. The maximum absolute atomic E-state index is 5.91. The number of ether oxygens (including phenoxy) is 1. The zero-order valence-corrected chi connectivity index (χ0v) is 14.3. The number of halogens is 1. The number of morpholine rings is 1. The molecular weight excluding hydrogens is 348 g/mol. The molecular formula is C15H15ClN6OS. The maximum Gasteiger partial charge on any atom is 0.223 e. The molecule has 1 fully saturated rings. The van der Waals surface area contributed by atoms with Crippen molar-refractivity contribution >= 4 is 55.7 Å². The van der Waals surface area contributed by atoms with Crippen LogP contribution in [0.3, 0.4) is 0 Å². The number of nitrogens with one attached hydrogen (secondary N) is 1. The minimum Gasteiger partial charge on any atom is -0.378 e. The number of aromatic nitrogens is 3. The fraction of sp³-hybridized carbons (Fsp3) is 0.267. The van der Waals surface area contributed by atoms with Crippen LogP contribution in [0.1, 0.15) is 0 Å². The van der Waals surface area contributed by atoms with Crippen molar-refractivity contribution in [1.82, 2.24) is 15.0 Å². The van der Waals surface area contributed by atoms with Gasteiger partial charge in [0.1, 0.15) is 11.0 Å². The third kappa shape index (κ3) is 3.21. The van der Waals surface area contributed by atoms with Gasteiger partial charge in [-0.3, -0.25) is 0 Å². The van der Waals surface area contributed by atoms with E-state index in [-0.39, 0.29) is 5.95 Å². The lowest BCUT2D eigenvalue weighted by molar-refractivity contribution is 0.122. The maximum atomic E-state index is 5.91. The first kappa shape index (κ1) is 15.4. The van der Waals surface area contributed by atoms with Gasteiger partial charge in [0, 0.05) is 24.8 Å². The van der Waals surface area contributed by atoms with E-state index < -0.39 is 0 Å². The van der Waals surface area contributed by atoms with Crippen LogP contribution in [0.5, 0.6) is 0 Å². The van der Waals surface area contributed by atoms with Crippen LogP contribution in [0.15, 0.2) is 24.3 Å². The molecule has 0 unspecified atom stereocenters. The molecule has 1 saturated heterocycles. The van der Waals surface area contributed by atoms with Gasteiger partial charge >= 0.3 is 0 Å². The normalized spacial score (nSPS) is 15.0. The highest BCUT2D eigenvalue weighted by Crippen LogP contribution is 2.32. The molecule has 0 amide bonds. The molecule has 1 aliphatic heterocycles. The Kier molecular flexibility index (Phi) is 4.09. The third-order valence-electron chi connectivity index (χ3n) is 3.64.